The van der Waals surface area contributed by atoms with E-state index in [9.17, 15) is 27.6 Å². The number of alkyl halides is 3. The topological polar surface area (TPSA) is 161 Å². The molecule has 2 aromatic rings. The molecule has 1 aliphatic carbocycles. The molecule has 2 aliphatic heterocycles. The number of aliphatic carboxylic acids is 1. The molecule has 0 radical (unpaired) electrons. The van der Waals surface area contributed by atoms with Crippen molar-refractivity contribution in [2.45, 2.75) is 63.2 Å². The van der Waals surface area contributed by atoms with Crippen LogP contribution in [-0.4, -0.2) is 67.5 Å². The maximum Gasteiger partial charge on any atom is 0.490 e. The Kier molecular flexibility index (Phi) is 7.81. The van der Waals surface area contributed by atoms with Crippen molar-refractivity contribution < 1.29 is 37.5 Å². The summed E-state index contributed by atoms with van der Waals surface area (Å²) in [4.78, 5) is 47.1. The third-order valence-electron chi connectivity index (χ3n) is 7.06. The molecule has 14 heteroatoms. The molecule has 1 saturated carbocycles. The maximum absolute atomic E-state index is 13.0. The summed E-state index contributed by atoms with van der Waals surface area (Å²) in [7, 11) is 0. The lowest BCUT2D eigenvalue weighted by molar-refractivity contribution is -0.192. The monoisotopic (exact) mass is 536 g/mol. The van der Waals surface area contributed by atoms with E-state index in [1.807, 2.05) is 24.4 Å². The van der Waals surface area contributed by atoms with Gasteiger partial charge in [-0.15, -0.1) is 5.10 Å². The van der Waals surface area contributed by atoms with Gasteiger partial charge in [0.25, 0.3) is 5.91 Å². The van der Waals surface area contributed by atoms with Crippen LogP contribution < -0.4 is 11.1 Å². The number of nitrogens with zero attached hydrogens (tertiary/aromatic N) is 4. The van der Waals surface area contributed by atoms with Gasteiger partial charge in [-0.2, -0.15) is 13.2 Å². The Labute approximate surface area is 215 Å². The molecule has 204 valence electrons. The Bertz CT molecular complexity index is 1250. The molecule has 3 amide bonds. The van der Waals surface area contributed by atoms with E-state index in [1.54, 1.807) is 9.58 Å². The van der Waals surface area contributed by atoms with E-state index in [0.717, 1.165) is 36.2 Å². The van der Waals surface area contributed by atoms with Crippen molar-refractivity contribution >= 4 is 23.7 Å². The first-order valence-corrected chi connectivity index (χ1v) is 12.2. The molecule has 11 nitrogen and oxygen atoms in total. The first kappa shape index (κ1) is 27.2. The number of amides is 3. The molecule has 1 unspecified atom stereocenters. The lowest BCUT2D eigenvalue weighted by Crippen LogP contribution is -2.52. The van der Waals surface area contributed by atoms with Crippen LogP contribution in [0.3, 0.4) is 0 Å². The van der Waals surface area contributed by atoms with E-state index in [1.165, 1.54) is 6.42 Å². The van der Waals surface area contributed by atoms with Crippen LogP contribution in [-0.2, 0) is 20.9 Å². The average molecular weight is 537 g/mol. The van der Waals surface area contributed by atoms with Gasteiger partial charge in [0.2, 0.25) is 11.8 Å². The number of aromatic nitrogens is 3. The summed E-state index contributed by atoms with van der Waals surface area (Å²) in [5.41, 5.74) is 9.04. The van der Waals surface area contributed by atoms with E-state index in [-0.39, 0.29) is 18.2 Å². The third-order valence-corrected chi connectivity index (χ3v) is 7.06. The minimum atomic E-state index is -5.08. The molecule has 0 spiro atoms. The summed E-state index contributed by atoms with van der Waals surface area (Å²) < 4.78 is 33.4. The Hall–Kier alpha value is -3.81. The highest BCUT2D eigenvalue weighted by molar-refractivity contribution is 6.05. The van der Waals surface area contributed by atoms with Crippen LogP contribution in [0.1, 0.15) is 66.1 Å². The van der Waals surface area contributed by atoms with Gasteiger partial charge in [-0.3, -0.25) is 19.7 Å². The zero-order valence-electron chi connectivity index (χ0n) is 20.3. The van der Waals surface area contributed by atoms with Crippen molar-refractivity contribution in [2.75, 3.05) is 6.54 Å². The first-order valence-electron chi connectivity index (χ1n) is 12.2. The Morgan fingerprint density at radius 1 is 1.18 bits per heavy atom. The number of hydrogen-bond acceptors (Lipinski definition) is 7. The number of carbonyl (C=O) groups is 4. The molecule has 2 fully saturated rings. The van der Waals surface area contributed by atoms with Gasteiger partial charge in [0.15, 0.2) is 0 Å². The fourth-order valence-corrected chi connectivity index (χ4v) is 5.05. The van der Waals surface area contributed by atoms with Gasteiger partial charge in [0, 0.05) is 24.4 Å². The van der Waals surface area contributed by atoms with Crippen LogP contribution >= 0.6 is 0 Å². The standard InChI is InChI=1S/C22H26N6O3.C2HF3O2/c23-10-13-2-1-3-14(8-13)18-12-28(26-25-18)16-5-4-15-11-27(22(31)17(15)9-16)19-6-7-20(29)24-21(19)30;3-2(4,5)1(6)7/h4-5,9,12-14,19H,1-3,6-8,10-11,23H2,(H,24,29,30);(H,6,7)/t13-,14+,19?;/m1./s1. The van der Waals surface area contributed by atoms with Crippen LogP contribution in [0.25, 0.3) is 5.69 Å². The number of rotatable bonds is 4. The molecular formula is C24H27F3N6O5. The summed E-state index contributed by atoms with van der Waals surface area (Å²) in [5, 5.41) is 18.2. The van der Waals surface area contributed by atoms with E-state index in [0.29, 0.717) is 36.9 Å². The number of hydrogen-bond donors (Lipinski definition) is 3. The average Bonchev–Trinajstić information content (AvgIpc) is 3.49. The lowest BCUT2D eigenvalue weighted by atomic mass is 9.80. The van der Waals surface area contributed by atoms with Crippen LogP contribution in [0.2, 0.25) is 0 Å². The Morgan fingerprint density at radius 2 is 1.92 bits per heavy atom. The van der Waals surface area contributed by atoms with E-state index < -0.39 is 24.1 Å². The highest BCUT2D eigenvalue weighted by Crippen LogP contribution is 2.35. The smallest absolute Gasteiger partial charge is 0.475 e. The summed E-state index contributed by atoms with van der Waals surface area (Å²) >= 11 is 0. The van der Waals surface area contributed by atoms with Gasteiger partial charge >= 0.3 is 12.1 Å². The van der Waals surface area contributed by atoms with Crippen molar-refractivity contribution in [3.05, 3.63) is 41.2 Å². The second kappa shape index (κ2) is 10.9. The number of nitrogens with two attached hydrogens (primary N) is 1. The van der Waals surface area contributed by atoms with Crippen molar-refractivity contribution in [1.29, 1.82) is 0 Å². The zero-order chi connectivity index (χ0) is 27.6. The van der Waals surface area contributed by atoms with Gasteiger partial charge in [-0.05, 0) is 55.8 Å². The third kappa shape index (κ3) is 5.85. The van der Waals surface area contributed by atoms with Crippen LogP contribution in [0, 0.1) is 5.92 Å². The Balaban J connectivity index is 0.000000426. The normalized spacial score (nSPS) is 23.4. The van der Waals surface area contributed by atoms with E-state index in [2.05, 4.69) is 15.6 Å². The molecule has 3 atom stereocenters. The second-order valence-electron chi connectivity index (χ2n) is 9.60. The summed E-state index contributed by atoms with van der Waals surface area (Å²) in [6.45, 7) is 1.08. The summed E-state index contributed by atoms with van der Waals surface area (Å²) in [5.74, 6) is -2.72. The van der Waals surface area contributed by atoms with Gasteiger partial charge < -0.3 is 15.7 Å². The molecule has 1 saturated heterocycles. The SMILES string of the molecule is NC[C@@H]1CCC[C@H](c2cn(-c3ccc4c(c3)C(=O)N(C3CCC(=O)NC3=O)C4)nn2)C1.O=C(O)C(F)(F)F. The minimum absolute atomic E-state index is 0.190. The number of piperidine rings is 1. The number of fused-ring (bicyclic) bond motifs is 1. The minimum Gasteiger partial charge on any atom is -0.475 e. The van der Waals surface area contributed by atoms with Gasteiger partial charge in [-0.25, -0.2) is 9.48 Å². The number of nitrogens with one attached hydrogen (secondary N) is 1. The number of carboxylic acids is 1. The molecule has 1 aromatic carbocycles. The van der Waals surface area contributed by atoms with Crippen molar-refractivity contribution in [3.63, 3.8) is 0 Å². The molecule has 4 N–H and O–H groups in total. The van der Waals surface area contributed by atoms with Gasteiger partial charge in [0.1, 0.15) is 6.04 Å². The highest BCUT2D eigenvalue weighted by Gasteiger charge is 2.39. The van der Waals surface area contributed by atoms with E-state index in [4.69, 9.17) is 15.6 Å². The van der Waals surface area contributed by atoms with Gasteiger partial charge in [0.05, 0.1) is 17.6 Å². The van der Waals surface area contributed by atoms with Crippen LogP contribution in [0.5, 0.6) is 0 Å². The molecule has 0 bridgehead atoms. The second-order valence-corrected chi connectivity index (χ2v) is 9.60. The van der Waals surface area contributed by atoms with E-state index >= 15 is 0 Å². The summed E-state index contributed by atoms with van der Waals surface area (Å²) in [6, 6.07) is 5.02. The highest BCUT2D eigenvalue weighted by atomic mass is 19.4. The largest absolute Gasteiger partial charge is 0.490 e. The van der Waals surface area contributed by atoms with Crippen molar-refractivity contribution in [3.8, 4) is 5.69 Å². The fourth-order valence-electron chi connectivity index (χ4n) is 5.05. The molecule has 5 rings (SSSR count). The fraction of sp³-hybridized carbons (Fsp3) is 0.500. The molecule has 3 heterocycles. The maximum atomic E-state index is 13.0. The number of carbonyl (C=O) groups excluding carboxylic acids is 3. The molecular weight excluding hydrogens is 509 g/mol. The summed E-state index contributed by atoms with van der Waals surface area (Å²) in [6.07, 6.45) is 1.94. The number of benzene rings is 1. The predicted octanol–water partition coefficient (Wildman–Crippen LogP) is 1.89. The number of imide groups is 1. The first-order chi connectivity index (χ1) is 18.0. The number of carboxylic acid groups (broad SMARTS) is 1. The van der Waals surface area contributed by atoms with Crippen molar-refractivity contribution in [1.82, 2.24) is 25.2 Å². The lowest BCUT2D eigenvalue weighted by Gasteiger charge is -2.29. The zero-order valence-corrected chi connectivity index (χ0v) is 20.3. The predicted molar refractivity (Wildman–Crippen MR) is 125 cm³/mol. The molecule has 1 aromatic heterocycles. The number of halogens is 3. The van der Waals surface area contributed by atoms with Crippen LogP contribution in [0.15, 0.2) is 24.4 Å². The molecule has 3 aliphatic rings. The van der Waals surface area contributed by atoms with Crippen LogP contribution in [0.4, 0.5) is 13.2 Å². The quantitative estimate of drug-likeness (QED) is 0.500. The van der Waals surface area contributed by atoms with Crippen molar-refractivity contribution in [2.24, 2.45) is 11.7 Å². The Morgan fingerprint density at radius 3 is 2.58 bits per heavy atom. The molecule has 38 heavy (non-hydrogen) atoms. The van der Waals surface area contributed by atoms with Gasteiger partial charge in [-0.1, -0.05) is 17.7 Å².